The Labute approximate surface area is 159 Å². The molecule has 2 atom stereocenters. The maximum Gasteiger partial charge on any atom is 0.261 e. The van der Waals surface area contributed by atoms with E-state index in [1.54, 1.807) is 24.3 Å². The van der Waals surface area contributed by atoms with E-state index >= 15 is 0 Å². The van der Waals surface area contributed by atoms with Crippen LogP contribution in [0.4, 0.5) is 5.69 Å². The van der Waals surface area contributed by atoms with Crippen molar-refractivity contribution < 1.29 is 13.2 Å². The van der Waals surface area contributed by atoms with Crippen LogP contribution in [0.15, 0.2) is 53.4 Å². The predicted octanol–water partition coefficient (Wildman–Crippen LogP) is 2.09. The molecule has 2 N–H and O–H groups in total. The first-order valence-corrected chi connectivity index (χ1v) is 10.6. The molecule has 2 aromatic carbocycles. The Hall–Kier alpha value is -2.38. The van der Waals surface area contributed by atoms with Crippen LogP contribution >= 0.6 is 0 Å². The Morgan fingerprint density at radius 3 is 2.41 bits per heavy atom. The first-order chi connectivity index (χ1) is 12.9. The van der Waals surface area contributed by atoms with E-state index in [9.17, 15) is 13.2 Å². The lowest BCUT2D eigenvalue weighted by Crippen LogP contribution is -2.32. The highest BCUT2D eigenvalue weighted by molar-refractivity contribution is 7.92. The zero-order valence-corrected chi connectivity index (χ0v) is 16.0. The molecule has 2 aliphatic heterocycles. The maximum atomic E-state index is 12.8. The third-order valence-corrected chi connectivity index (χ3v) is 6.75. The molecule has 2 saturated heterocycles. The summed E-state index contributed by atoms with van der Waals surface area (Å²) in [7, 11) is -3.75. The fourth-order valence-electron chi connectivity index (χ4n) is 3.84. The van der Waals surface area contributed by atoms with Crippen molar-refractivity contribution in [2.75, 3.05) is 30.9 Å². The van der Waals surface area contributed by atoms with Crippen molar-refractivity contribution >= 4 is 21.6 Å². The van der Waals surface area contributed by atoms with E-state index in [4.69, 9.17) is 0 Å². The minimum atomic E-state index is -3.75. The minimum Gasteiger partial charge on any atom is -0.338 e. The van der Waals surface area contributed by atoms with Gasteiger partial charge in [-0.25, -0.2) is 8.42 Å². The number of nitrogens with zero attached hydrogens (tertiary/aromatic N) is 1. The molecule has 7 heteroatoms. The van der Waals surface area contributed by atoms with Crippen LogP contribution in [0.25, 0.3) is 0 Å². The second-order valence-electron chi connectivity index (χ2n) is 7.39. The molecule has 0 unspecified atom stereocenters. The van der Waals surface area contributed by atoms with Crippen molar-refractivity contribution in [2.45, 2.75) is 11.8 Å². The van der Waals surface area contributed by atoms with E-state index in [-0.39, 0.29) is 10.8 Å². The monoisotopic (exact) mass is 385 g/mol. The molecule has 0 radical (unpaired) electrons. The van der Waals surface area contributed by atoms with Gasteiger partial charge < -0.3 is 10.2 Å². The van der Waals surface area contributed by atoms with Gasteiger partial charge in [0.25, 0.3) is 15.9 Å². The number of fused-ring (bicyclic) bond motifs is 1. The van der Waals surface area contributed by atoms with Crippen LogP contribution < -0.4 is 10.0 Å². The molecule has 27 heavy (non-hydrogen) atoms. The number of benzene rings is 2. The molecule has 4 rings (SSSR count). The van der Waals surface area contributed by atoms with Gasteiger partial charge in [-0.3, -0.25) is 9.52 Å². The summed E-state index contributed by atoms with van der Waals surface area (Å²) in [5, 5.41) is 3.35. The summed E-state index contributed by atoms with van der Waals surface area (Å²) in [6.45, 7) is 5.30. The molecule has 1 amide bonds. The number of amides is 1. The van der Waals surface area contributed by atoms with Crippen LogP contribution in [0.5, 0.6) is 0 Å². The molecular formula is C20H23N3O3S. The van der Waals surface area contributed by atoms with Crippen molar-refractivity contribution in [3.05, 3.63) is 59.7 Å². The van der Waals surface area contributed by atoms with Crippen molar-refractivity contribution in [3.63, 3.8) is 0 Å². The molecule has 2 heterocycles. The molecule has 0 saturated carbocycles. The zero-order chi connectivity index (χ0) is 19.0. The topological polar surface area (TPSA) is 78.5 Å². The van der Waals surface area contributed by atoms with Crippen molar-refractivity contribution in [1.29, 1.82) is 0 Å². The molecule has 0 aromatic heterocycles. The first-order valence-electron chi connectivity index (χ1n) is 9.12. The summed E-state index contributed by atoms with van der Waals surface area (Å²) in [5.41, 5.74) is 1.96. The van der Waals surface area contributed by atoms with E-state index in [2.05, 4.69) is 10.0 Å². The van der Waals surface area contributed by atoms with Gasteiger partial charge in [0, 0.05) is 37.4 Å². The molecule has 6 nitrogen and oxygen atoms in total. The van der Waals surface area contributed by atoms with E-state index in [0.717, 1.165) is 31.7 Å². The van der Waals surface area contributed by atoms with Crippen LogP contribution in [0.2, 0.25) is 0 Å². The summed E-state index contributed by atoms with van der Waals surface area (Å²) >= 11 is 0. The van der Waals surface area contributed by atoms with Gasteiger partial charge >= 0.3 is 0 Å². The second-order valence-corrected chi connectivity index (χ2v) is 9.07. The fraction of sp³-hybridized carbons (Fsp3) is 0.350. The molecule has 0 bridgehead atoms. The number of sulfonamides is 1. The Balaban J connectivity index is 1.53. The molecule has 2 aromatic rings. The van der Waals surface area contributed by atoms with E-state index in [1.807, 2.05) is 24.0 Å². The van der Waals surface area contributed by atoms with Gasteiger partial charge in [-0.15, -0.1) is 0 Å². The molecule has 142 valence electrons. The highest BCUT2D eigenvalue weighted by atomic mass is 32.2. The van der Waals surface area contributed by atoms with Gasteiger partial charge in [-0.2, -0.15) is 0 Å². The third kappa shape index (κ3) is 3.70. The Morgan fingerprint density at radius 2 is 1.74 bits per heavy atom. The number of anilines is 1. The summed E-state index contributed by atoms with van der Waals surface area (Å²) in [6.07, 6.45) is 0. The van der Waals surface area contributed by atoms with E-state index in [1.165, 1.54) is 12.1 Å². The highest BCUT2D eigenvalue weighted by Gasteiger charge is 2.38. The molecule has 0 aliphatic carbocycles. The van der Waals surface area contributed by atoms with Crippen molar-refractivity contribution in [1.82, 2.24) is 10.2 Å². The highest BCUT2D eigenvalue weighted by Crippen LogP contribution is 2.28. The Kier molecular flexibility index (Phi) is 4.65. The van der Waals surface area contributed by atoms with Gasteiger partial charge in [0.2, 0.25) is 0 Å². The van der Waals surface area contributed by atoms with Crippen molar-refractivity contribution in [3.8, 4) is 0 Å². The average molecular weight is 385 g/mol. The number of likely N-dealkylation sites (tertiary alicyclic amines) is 1. The SMILES string of the molecule is Cc1ccc(NS(=O)(=O)c2cccc(C(=O)N3C[C@H]4CNC[C@H]4C3)c2)cc1. The predicted molar refractivity (Wildman–Crippen MR) is 104 cm³/mol. The van der Waals surface area contributed by atoms with Crippen LogP contribution in [0.1, 0.15) is 15.9 Å². The van der Waals surface area contributed by atoms with Gasteiger partial charge in [0.1, 0.15) is 0 Å². The number of rotatable bonds is 4. The summed E-state index contributed by atoms with van der Waals surface area (Å²) < 4.78 is 28.0. The minimum absolute atomic E-state index is 0.0926. The number of carbonyl (C=O) groups is 1. The fourth-order valence-corrected chi connectivity index (χ4v) is 4.94. The van der Waals surface area contributed by atoms with E-state index in [0.29, 0.717) is 23.1 Å². The smallest absolute Gasteiger partial charge is 0.261 e. The molecule has 2 aliphatic rings. The van der Waals surface area contributed by atoms with Gasteiger partial charge in [-0.05, 0) is 49.1 Å². The number of hydrogen-bond donors (Lipinski definition) is 2. The van der Waals surface area contributed by atoms with Gasteiger partial charge in [0.15, 0.2) is 0 Å². The third-order valence-electron chi connectivity index (χ3n) is 5.37. The second kappa shape index (κ2) is 6.98. The zero-order valence-electron chi connectivity index (χ0n) is 15.2. The summed E-state index contributed by atoms with van der Waals surface area (Å²) in [4.78, 5) is 14.8. The van der Waals surface area contributed by atoms with Gasteiger partial charge in [-0.1, -0.05) is 23.8 Å². The van der Waals surface area contributed by atoms with Crippen LogP contribution in [0, 0.1) is 18.8 Å². The van der Waals surface area contributed by atoms with Crippen LogP contribution in [-0.2, 0) is 10.0 Å². The first kappa shape index (κ1) is 18.0. The van der Waals surface area contributed by atoms with Crippen molar-refractivity contribution in [2.24, 2.45) is 11.8 Å². The lowest BCUT2D eigenvalue weighted by Gasteiger charge is -2.18. The number of carbonyl (C=O) groups excluding carboxylic acids is 1. The lowest BCUT2D eigenvalue weighted by atomic mass is 10.0. The van der Waals surface area contributed by atoms with Gasteiger partial charge in [0.05, 0.1) is 4.90 Å². The standard InChI is InChI=1S/C20H23N3O3S/c1-14-5-7-18(8-6-14)22-27(25,26)19-4-2-3-15(9-19)20(24)23-12-16-10-21-11-17(16)13-23/h2-9,16-17,21-22H,10-13H2,1H3/t16-,17+. The summed E-state index contributed by atoms with van der Waals surface area (Å²) in [6, 6.07) is 13.4. The Morgan fingerprint density at radius 1 is 1.07 bits per heavy atom. The number of hydrogen-bond acceptors (Lipinski definition) is 4. The van der Waals surface area contributed by atoms with Crippen LogP contribution in [-0.4, -0.2) is 45.4 Å². The molecule has 0 spiro atoms. The normalized spacial score (nSPS) is 21.9. The lowest BCUT2D eigenvalue weighted by molar-refractivity contribution is 0.0781. The largest absolute Gasteiger partial charge is 0.338 e. The van der Waals surface area contributed by atoms with E-state index < -0.39 is 10.0 Å². The molecular weight excluding hydrogens is 362 g/mol. The molecule has 2 fully saturated rings. The van der Waals surface area contributed by atoms with Crippen LogP contribution in [0.3, 0.4) is 0 Å². The Bertz CT molecular complexity index is 945. The number of aryl methyl sites for hydroxylation is 1. The quantitative estimate of drug-likeness (QED) is 0.845. The summed E-state index contributed by atoms with van der Waals surface area (Å²) in [5.74, 6) is 0.907. The number of nitrogens with one attached hydrogen (secondary N) is 2. The maximum absolute atomic E-state index is 12.8. The average Bonchev–Trinajstić information content (AvgIpc) is 3.25.